The number of fused-ring (bicyclic) bond motifs is 1. The molecule has 0 atom stereocenters. The molecule has 1 aliphatic heterocycles. The van der Waals surface area contributed by atoms with Crippen molar-refractivity contribution in [2.24, 2.45) is 0 Å². The van der Waals surface area contributed by atoms with Crippen molar-refractivity contribution in [2.45, 2.75) is 17.2 Å². The molecule has 142 valence electrons. The number of hydrogen-bond acceptors (Lipinski definition) is 4. The second-order valence-electron chi connectivity index (χ2n) is 6.27. The lowest BCUT2D eigenvalue weighted by atomic mass is 10.2. The van der Waals surface area contributed by atoms with Gasteiger partial charge in [0, 0.05) is 29.8 Å². The number of benzene rings is 2. The third kappa shape index (κ3) is 3.84. The van der Waals surface area contributed by atoms with E-state index in [-0.39, 0.29) is 22.4 Å². The highest BCUT2D eigenvalue weighted by Gasteiger charge is 2.20. The van der Waals surface area contributed by atoms with Crippen LogP contribution in [0.2, 0.25) is 0 Å². The van der Waals surface area contributed by atoms with Gasteiger partial charge in [-0.3, -0.25) is 4.79 Å². The topological polar surface area (TPSA) is 45.2 Å². The maximum Gasteiger partial charge on any atom is 0.290 e. The van der Waals surface area contributed by atoms with Crippen LogP contribution >= 0.6 is 11.8 Å². The monoisotopic (exact) mass is 397 g/mol. The normalized spacial score (nSPS) is 12.9. The van der Waals surface area contributed by atoms with Crippen LogP contribution in [-0.4, -0.2) is 23.2 Å². The number of pyridine rings is 1. The molecule has 0 radical (unpaired) electrons. The number of anilines is 3. The number of aromatic nitrogens is 1. The molecule has 1 amide bonds. The highest BCUT2D eigenvalue weighted by Crippen LogP contribution is 2.34. The summed E-state index contributed by atoms with van der Waals surface area (Å²) in [4.78, 5) is 18.6. The smallest absolute Gasteiger partial charge is 0.290 e. The summed E-state index contributed by atoms with van der Waals surface area (Å²) in [7, 11) is 0. The van der Waals surface area contributed by atoms with Gasteiger partial charge in [0.2, 0.25) is 0 Å². The second-order valence-corrected chi connectivity index (χ2v) is 7.24. The SMILES string of the molecule is O=C(Nc1ccc(N2CCc3ccccc32)cc1)c1cccnc1SC(F)F. The lowest BCUT2D eigenvalue weighted by molar-refractivity contribution is 0.102. The average molecular weight is 397 g/mol. The highest BCUT2D eigenvalue weighted by molar-refractivity contribution is 7.99. The third-order valence-corrected chi connectivity index (χ3v) is 5.27. The number of hydrogen-bond donors (Lipinski definition) is 1. The van der Waals surface area contributed by atoms with Crippen molar-refractivity contribution in [3.63, 3.8) is 0 Å². The van der Waals surface area contributed by atoms with E-state index >= 15 is 0 Å². The number of nitrogens with zero attached hydrogens (tertiary/aromatic N) is 2. The first-order valence-electron chi connectivity index (χ1n) is 8.78. The van der Waals surface area contributed by atoms with Crippen LogP contribution in [0.25, 0.3) is 0 Å². The molecule has 4 rings (SSSR count). The van der Waals surface area contributed by atoms with Gasteiger partial charge in [-0.05, 0) is 66.2 Å². The molecule has 0 bridgehead atoms. The molecule has 0 saturated carbocycles. The van der Waals surface area contributed by atoms with Crippen LogP contribution in [0.4, 0.5) is 25.8 Å². The minimum atomic E-state index is -2.64. The Morgan fingerprint density at radius 1 is 1.07 bits per heavy atom. The zero-order chi connectivity index (χ0) is 19.5. The molecule has 1 aromatic heterocycles. The minimum Gasteiger partial charge on any atom is -0.341 e. The Kier molecular flexibility index (Phi) is 5.25. The van der Waals surface area contributed by atoms with Gasteiger partial charge < -0.3 is 10.2 Å². The summed E-state index contributed by atoms with van der Waals surface area (Å²) in [5.74, 6) is -3.10. The summed E-state index contributed by atoms with van der Waals surface area (Å²) < 4.78 is 25.4. The Labute approximate surface area is 165 Å². The zero-order valence-electron chi connectivity index (χ0n) is 14.8. The van der Waals surface area contributed by atoms with Crippen molar-refractivity contribution < 1.29 is 13.6 Å². The molecule has 0 aliphatic carbocycles. The van der Waals surface area contributed by atoms with E-state index in [0.717, 1.165) is 18.7 Å². The summed E-state index contributed by atoms with van der Waals surface area (Å²) in [6.45, 7) is 0.912. The molecule has 0 saturated heterocycles. The number of rotatable bonds is 5. The first-order chi connectivity index (χ1) is 13.6. The number of halogens is 2. The first kappa shape index (κ1) is 18.4. The lowest BCUT2D eigenvalue weighted by Gasteiger charge is -2.20. The molecule has 0 unspecified atom stereocenters. The third-order valence-electron chi connectivity index (χ3n) is 4.54. The molecule has 0 fully saturated rings. The van der Waals surface area contributed by atoms with Gasteiger partial charge in [0.05, 0.1) is 5.56 Å². The van der Waals surface area contributed by atoms with Crippen molar-refractivity contribution in [1.29, 1.82) is 0 Å². The number of amides is 1. The van der Waals surface area contributed by atoms with E-state index in [1.807, 2.05) is 36.4 Å². The fourth-order valence-electron chi connectivity index (χ4n) is 3.27. The largest absolute Gasteiger partial charge is 0.341 e. The number of thioether (sulfide) groups is 1. The van der Waals surface area contributed by atoms with Crippen molar-refractivity contribution in [3.05, 3.63) is 78.0 Å². The van der Waals surface area contributed by atoms with E-state index in [9.17, 15) is 13.6 Å². The highest BCUT2D eigenvalue weighted by atomic mass is 32.2. The summed E-state index contributed by atoms with van der Waals surface area (Å²) in [6, 6.07) is 18.8. The first-order valence-corrected chi connectivity index (χ1v) is 9.66. The van der Waals surface area contributed by atoms with Crippen molar-refractivity contribution in [3.8, 4) is 0 Å². The number of para-hydroxylation sites is 1. The van der Waals surface area contributed by atoms with E-state index in [4.69, 9.17) is 0 Å². The molecule has 0 spiro atoms. The second kappa shape index (κ2) is 7.98. The quantitative estimate of drug-likeness (QED) is 0.590. The van der Waals surface area contributed by atoms with Crippen LogP contribution in [0.5, 0.6) is 0 Å². The van der Waals surface area contributed by atoms with Crippen molar-refractivity contribution >= 4 is 34.7 Å². The van der Waals surface area contributed by atoms with Gasteiger partial charge >= 0.3 is 0 Å². The molecule has 7 heteroatoms. The van der Waals surface area contributed by atoms with E-state index in [1.165, 1.54) is 23.5 Å². The van der Waals surface area contributed by atoms with E-state index < -0.39 is 11.7 Å². The molecule has 2 aromatic carbocycles. The molecule has 3 aromatic rings. The van der Waals surface area contributed by atoms with Gasteiger partial charge in [0.1, 0.15) is 5.03 Å². The van der Waals surface area contributed by atoms with Crippen LogP contribution in [0, 0.1) is 0 Å². The summed E-state index contributed by atoms with van der Waals surface area (Å²) in [5.41, 5.74) is 4.28. The fourth-order valence-corrected chi connectivity index (χ4v) is 3.85. The number of carbonyl (C=O) groups excluding carboxylic acids is 1. The molecular formula is C21H17F2N3OS. The molecule has 28 heavy (non-hydrogen) atoms. The Morgan fingerprint density at radius 2 is 1.86 bits per heavy atom. The van der Waals surface area contributed by atoms with E-state index in [2.05, 4.69) is 27.3 Å². The van der Waals surface area contributed by atoms with Gasteiger partial charge in [0.25, 0.3) is 11.7 Å². The summed E-state index contributed by atoms with van der Waals surface area (Å²) >= 11 is 0.265. The Bertz CT molecular complexity index is 995. The molecule has 1 aliphatic rings. The van der Waals surface area contributed by atoms with E-state index in [1.54, 1.807) is 6.07 Å². The van der Waals surface area contributed by atoms with Crippen molar-refractivity contribution in [2.75, 3.05) is 16.8 Å². The zero-order valence-corrected chi connectivity index (χ0v) is 15.6. The molecule has 4 nitrogen and oxygen atoms in total. The van der Waals surface area contributed by atoms with Gasteiger partial charge in [-0.2, -0.15) is 8.78 Å². The minimum absolute atomic E-state index is 0.0142. The van der Waals surface area contributed by atoms with Crippen LogP contribution in [-0.2, 0) is 6.42 Å². The van der Waals surface area contributed by atoms with Crippen LogP contribution in [0.15, 0.2) is 71.9 Å². The Hall–Kier alpha value is -2.93. The fraction of sp³-hybridized carbons (Fsp3) is 0.143. The van der Waals surface area contributed by atoms with Gasteiger partial charge in [-0.15, -0.1) is 0 Å². The number of alkyl halides is 2. The van der Waals surface area contributed by atoms with E-state index in [0.29, 0.717) is 5.69 Å². The number of nitrogens with one attached hydrogen (secondary N) is 1. The Balaban J connectivity index is 1.49. The van der Waals surface area contributed by atoms with Gasteiger partial charge in [-0.25, -0.2) is 4.98 Å². The summed E-state index contributed by atoms with van der Waals surface area (Å²) in [6.07, 6.45) is 2.39. The predicted octanol–water partition coefficient (Wildman–Crippen LogP) is 5.34. The molecule has 1 N–H and O–H groups in total. The lowest BCUT2D eigenvalue weighted by Crippen LogP contribution is -2.15. The van der Waals surface area contributed by atoms with Crippen LogP contribution < -0.4 is 10.2 Å². The van der Waals surface area contributed by atoms with Crippen LogP contribution in [0.1, 0.15) is 15.9 Å². The van der Waals surface area contributed by atoms with Crippen LogP contribution in [0.3, 0.4) is 0 Å². The molecule has 2 heterocycles. The maximum absolute atomic E-state index is 12.7. The van der Waals surface area contributed by atoms with Crippen molar-refractivity contribution in [1.82, 2.24) is 4.98 Å². The predicted molar refractivity (Wildman–Crippen MR) is 108 cm³/mol. The number of carbonyl (C=O) groups is 1. The van der Waals surface area contributed by atoms with Gasteiger partial charge in [-0.1, -0.05) is 18.2 Å². The maximum atomic E-state index is 12.7. The van der Waals surface area contributed by atoms with Gasteiger partial charge in [0.15, 0.2) is 0 Å². The summed E-state index contributed by atoms with van der Waals surface area (Å²) in [5, 5.41) is 2.77. The Morgan fingerprint density at radius 3 is 2.64 bits per heavy atom. The average Bonchev–Trinajstić information content (AvgIpc) is 3.13. The molecular weight excluding hydrogens is 380 g/mol. The standard InChI is InChI=1S/C21H17F2N3OS/c22-21(23)28-20-17(5-3-12-24-20)19(27)25-15-7-9-16(10-8-15)26-13-11-14-4-1-2-6-18(14)26/h1-10,12,21H,11,13H2,(H,25,27).